The van der Waals surface area contributed by atoms with Crippen LogP contribution in [0.2, 0.25) is 0 Å². The van der Waals surface area contributed by atoms with Gasteiger partial charge in [0.15, 0.2) is 0 Å². The third kappa shape index (κ3) is 3.97. The van der Waals surface area contributed by atoms with Crippen molar-refractivity contribution in [3.05, 3.63) is 0 Å². The van der Waals surface area contributed by atoms with Crippen molar-refractivity contribution in [2.75, 3.05) is 32.8 Å². The van der Waals surface area contributed by atoms with E-state index in [1.165, 1.54) is 0 Å². The van der Waals surface area contributed by atoms with Gasteiger partial charge in [-0.2, -0.15) is 0 Å². The number of rotatable bonds is 6. The van der Waals surface area contributed by atoms with Gasteiger partial charge in [0.25, 0.3) is 6.43 Å². The molecule has 1 aliphatic rings. The SMILES string of the molecule is CC1(OCCNCC(F)F)CNC1. The fraction of sp³-hybridized carbons (Fsp3) is 1.00. The summed E-state index contributed by atoms with van der Waals surface area (Å²) in [5.41, 5.74) is -0.0769. The molecule has 0 saturated carbocycles. The van der Waals surface area contributed by atoms with Gasteiger partial charge in [-0.3, -0.25) is 0 Å². The summed E-state index contributed by atoms with van der Waals surface area (Å²) in [6.07, 6.45) is -2.28. The molecule has 2 N–H and O–H groups in total. The molecular weight excluding hydrogens is 178 g/mol. The fourth-order valence-corrected chi connectivity index (χ4v) is 1.16. The van der Waals surface area contributed by atoms with E-state index in [2.05, 4.69) is 10.6 Å². The van der Waals surface area contributed by atoms with E-state index in [0.29, 0.717) is 13.2 Å². The average Bonchev–Trinajstić information content (AvgIpc) is 2.00. The first-order valence-electron chi connectivity index (χ1n) is 4.46. The van der Waals surface area contributed by atoms with Gasteiger partial charge in [-0.25, -0.2) is 8.78 Å². The van der Waals surface area contributed by atoms with E-state index in [0.717, 1.165) is 13.1 Å². The molecule has 1 aliphatic heterocycles. The van der Waals surface area contributed by atoms with Crippen LogP contribution < -0.4 is 10.6 Å². The fourth-order valence-electron chi connectivity index (χ4n) is 1.16. The van der Waals surface area contributed by atoms with Crippen molar-refractivity contribution >= 4 is 0 Å². The van der Waals surface area contributed by atoms with Crippen LogP contribution in [-0.2, 0) is 4.74 Å². The number of hydrogen-bond donors (Lipinski definition) is 2. The van der Waals surface area contributed by atoms with Gasteiger partial charge in [0.1, 0.15) is 0 Å². The van der Waals surface area contributed by atoms with Crippen molar-refractivity contribution in [2.24, 2.45) is 0 Å². The van der Waals surface area contributed by atoms with Crippen LogP contribution in [0, 0.1) is 0 Å². The molecule has 0 aromatic rings. The molecule has 0 atom stereocenters. The molecule has 0 spiro atoms. The monoisotopic (exact) mass is 194 g/mol. The Balaban J connectivity index is 1.89. The maximum atomic E-state index is 11.7. The molecule has 1 fully saturated rings. The summed E-state index contributed by atoms with van der Waals surface area (Å²) in [5.74, 6) is 0. The van der Waals surface area contributed by atoms with Crippen molar-refractivity contribution in [2.45, 2.75) is 19.0 Å². The zero-order valence-electron chi connectivity index (χ0n) is 7.78. The third-order valence-electron chi connectivity index (χ3n) is 2.03. The highest BCUT2D eigenvalue weighted by Gasteiger charge is 2.31. The van der Waals surface area contributed by atoms with Crippen molar-refractivity contribution in [3.63, 3.8) is 0 Å². The van der Waals surface area contributed by atoms with Crippen molar-refractivity contribution in [1.29, 1.82) is 0 Å². The second-order valence-electron chi connectivity index (χ2n) is 3.50. The molecule has 78 valence electrons. The molecule has 0 aliphatic carbocycles. The lowest BCUT2D eigenvalue weighted by atomic mass is 10.0. The summed E-state index contributed by atoms with van der Waals surface area (Å²) < 4.78 is 28.8. The standard InChI is InChI=1S/C8H16F2N2O/c1-8(5-12-6-8)13-3-2-11-4-7(9)10/h7,11-12H,2-6H2,1H3. The van der Waals surface area contributed by atoms with E-state index in [1.54, 1.807) is 0 Å². The van der Waals surface area contributed by atoms with Crippen LogP contribution in [0.3, 0.4) is 0 Å². The topological polar surface area (TPSA) is 33.3 Å². The minimum Gasteiger partial charge on any atom is -0.371 e. The molecule has 1 rings (SSSR count). The Kier molecular flexibility index (Phi) is 4.02. The van der Waals surface area contributed by atoms with Crippen LogP contribution in [-0.4, -0.2) is 44.8 Å². The lowest BCUT2D eigenvalue weighted by Crippen LogP contribution is -2.59. The minimum absolute atomic E-state index is 0.0769. The molecule has 0 unspecified atom stereocenters. The van der Waals surface area contributed by atoms with Crippen molar-refractivity contribution < 1.29 is 13.5 Å². The third-order valence-corrected chi connectivity index (χ3v) is 2.03. The molecule has 0 radical (unpaired) electrons. The first kappa shape index (κ1) is 10.8. The first-order valence-corrected chi connectivity index (χ1v) is 4.46. The van der Waals surface area contributed by atoms with E-state index < -0.39 is 6.43 Å². The lowest BCUT2D eigenvalue weighted by Gasteiger charge is -2.39. The Hall–Kier alpha value is -0.260. The van der Waals surface area contributed by atoms with Gasteiger partial charge >= 0.3 is 0 Å². The molecule has 1 heterocycles. The van der Waals surface area contributed by atoms with E-state index in [9.17, 15) is 8.78 Å². The second-order valence-corrected chi connectivity index (χ2v) is 3.50. The molecule has 0 aromatic heterocycles. The number of ether oxygens (including phenoxy) is 1. The quantitative estimate of drug-likeness (QED) is 0.593. The smallest absolute Gasteiger partial charge is 0.250 e. The maximum Gasteiger partial charge on any atom is 0.250 e. The van der Waals surface area contributed by atoms with E-state index in [1.807, 2.05) is 6.92 Å². The normalized spacial score (nSPS) is 20.3. The molecule has 1 saturated heterocycles. The average molecular weight is 194 g/mol. The minimum atomic E-state index is -2.28. The van der Waals surface area contributed by atoms with Crippen LogP contribution in [0.1, 0.15) is 6.92 Å². The first-order chi connectivity index (χ1) is 6.12. The predicted molar refractivity (Wildman–Crippen MR) is 46.1 cm³/mol. The lowest BCUT2D eigenvalue weighted by molar-refractivity contribution is -0.0652. The summed E-state index contributed by atoms with van der Waals surface area (Å²) in [5, 5.41) is 5.71. The van der Waals surface area contributed by atoms with Crippen LogP contribution in [0.4, 0.5) is 8.78 Å². The van der Waals surface area contributed by atoms with E-state index >= 15 is 0 Å². The molecule has 3 nitrogen and oxygen atoms in total. The van der Waals surface area contributed by atoms with Gasteiger partial charge in [-0.1, -0.05) is 0 Å². The summed E-state index contributed by atoms with van der Waals surface area (Å²) in [4.78, 5) is 0. The summed E-state index contributed by atoms with van der Waals surface area (Å²) in [6, 6.07) is 0. The molecule has 0 amide bonds. The Labute approximate surface area is 76.8 Å². The summed E-state index contributed by atoms with van der Waals surface area (Å²) in [6.45, 7) is 4.43. The molecule has 0 bridgehead atoms. The van der Waals surface area contributed by atoms with Crippen LogP contribution >= 0.6 is 0 Å². The van der Waals surface area contributed by atoms with Gasteiger partial charge in [0.05, 0.1) is 18.8 Å². The second kappa shape index (κ2) is 4.83. The number of nitrogens with one attached hydrogen (secondary N) is 2. The van der Waals surface area contributed by atoms with Crippen LogP contribution in [0.15, 0.2) is 0 Å². The van der Waals surface area contributed by atoms with E-state index in [-0.39, 0.29) is 12.1 Å². The van der Waals surface area contributed by atoms with Crippen LogP contribution in [0.25, 0.3) is 0 Å². The van der Waals surface area contributed by atoms with Crippen LogP contribution in [0.5, 0.6) is 0 Å². The van der Waals surface area contributed by atoms with Gasteiger partial charge in [-0.05, 0) is 6.92 Å². The van der Waals surface area contributed by atoms with Gasteiger partial charge in [0, 0.05) is 19.6 Å². The zero-order chi connectivity index (χ0) is 9.73. The molecule has 0 aromatic carbocycles. The van der Waals surface area contributed by atoms with Gasteiger partial charge < -0.3 is 15.4 Å². The highest BCUT2D eigenvalue weighted by molar-refractivity contribution is 4.90. The number of hydrogen-bond acceptors (Lipinski definition) is 3. The Morgan fingerprint density at radius 1 is 1.54 bits per heavy atom. The molecular formula is C8H16F2N2O. The molecule has 13 heavy (non-hydrogen) atoms. The van der Waals surface area contributed by atoms with Gasteiger partial charge in [-0.15, -0.1) is 0 Å². The van der Waals surface area contributed by atoms with Crippen molar-refractivity contribution in [3.8, 4) is 0 Å². The highest BCUT2D eigenvalue weighted by atomic mass is 19.3. The number of alkyl halides is 2. The number of halogens is 2. The largest absolute Gasteiger partial charge is 0.371 e. The Morgan fingerprint density at radius 3 is 2.69 bits per heavy atom. The highest BCUT2D eigenvalue weighted by Crippen LogP contribution is 2.14. The predicted octanol–water partition coefficient (Wildman–Crippen LogP) is 0.220. The summed E-state index contributed by atoms with van der Waals surface area (Å²) in [7, 11) is 0. The van der Waals surface area contributed by atoms with Crippen molar-refractivity contribution in [1.82, 2.24) is 10.6 Å². The zero-order valence-corrected chi connectivity index (χ0v) is 7.78. The maximum absolute atomic E-state index is 11.7. The Bertz CT molecular complexity index is 151. The van der Waals surface area contributed by atoms with Gasteiger partial charge in [0.2, 0.25) is 0 Å². The molecule has 5 heteroatoms. The Morgan fingerprint density at radius 2 is 2.23 bits per heavy atom. The van der Waals surface area contributed by atoms with E-state index in [4.69, 9.17) is 4.74 Å². The summed E-state index contributed by atoms with van der Waals surface area (Å²) >= 11 is 0.